The standard InChI is InChI=1S/C12H19FN2O/c1-5-15-7-6-9(10(15)13)8-14-11(16)12(2,3)4/h6-7H,5,8H2,1-4H3,(H,14,16). The van der Waals surface area contributed by atoms with E-state index in [-0.39, 0.29) is 18.4 Å². The fourth-order valence-corrected chi connectivity index (χ4v) is 1.32. The van der Waals surface area contributed by atoms with Crippen LogP contribution in [0.15, 0.2) is 12.3 Å². The van der Waals surface area contributed by atoms with Crippen LogP contribution in [-0.4, -0.2) is 10.5 Å². The molecule has 16 heavy (non-hydrogen) atoms. The zero-order chi connectivity index (χ0) is 12.3. The van der Waals surface area contributed by atoms with E-state index in [1.54, 1.807) is 12.3 Å². The minimum absolute atomic E-state index is 0.0730. The summed E-state index contributed by atoms with van der Waals surface area (Å²) >= 11 is 0. The molecule has 0 spiro atoms. The quantitative estimate of drug-likeness (QED) is 0.843. The number of hydrogen-bond acceptors (Lipinski definition) is 1. The predicted octanol–water partition coefficient (Wildman–Crippen LogP) is 2.31. The molecule has 3 nitrogen and oxygen atoms in total. The van der Waals surface area contributed by atoms with Crippen LogP contribution in [0.2, 0.25) is 0 Å². The lowest BCUT2D eigenvalue weighted by atomic mass is 9.96. The van der Waals surface area contributed by atoms with Gasteiger partial charge in [0.1, 0.15) is 0 Å². The van der Waals surface area contributed by atoms with Crippen LogP contribution in [0.5, 0.6) is 0 Å². The summed E-state index contributed by atoms with van der Waals surface area (Å²) in [5.41, 5.74) is 0.0866. The number of halogens is 1. The lowest BCUT2D eigenvalue weighted by molar-refractivity contribution is -0.128. The van der Waals surface area contributed by atoms with Crippen molar-refractivity contribution in [3.63, 3.8) is 0 Å². The van der Waals surface area contributed by atoms with E-state index in [2.05, 4.69) is 5.32 Å². The molecular weight excluding hydrogens is 207 g/mol. The maximum absolute atomic E-state index is 13.6. The summed E-state index contributed by atoms with van der Waals surface area (Å²) in [6.07, 6.45) is 1.69. The zero-order valence-corrected chi connectivity index (χ0v) is 10.3. The van der Waals surface area contributed by atoms with Gasteiger partial charge in [-0.1, -0.05) is 20.8 Å². The van der Waals surface area contributed by atoms with Crippen molar-refractivity contribution >= 4 is 5.91 Å². The second-order valence-electron chi connectivity index (χ2n) is 4.85. The van der Waals surface area contributed by atoms with Crippen molar-refractivity contribution in [1.29, 1.82) is 0 Å². The first kappa shape index (κ1) is 12.7. The third kappa shape index (κ3) is 2.84. The third-order valence-electron chi connectivity index (χ3n) is 2.43. The lowest BCUT2D eigenvalue weighted by Gasteiger charge is -2.17. The van der Waals surface area contributed by atoms with Gasteiger partial charge in [-0.2, -0.15) is 4.39 Å². The Morgan fingerprint density at radius 3 is 2.56 bits per heavy atom. The van der Waals surface area contributed by atoms with Crippen molar-refractivity contribution in [2.24, 2.45) is 5.41 Å². The Labute approximate surface area is 95.6 Å². The number of aryl methyl sites for hydroxylation is 1. The largest absolute Gasteiger partial charge is 0.351 e. The minimum atomic E-state index is -0.441. The highest BCUT2D eigenvalue weighted by Gasteiger charge is 2.21. The number of hydrogen-bond donors (Lipinski definition) is 1. The summed E-state index contributed by atoms with van der Waals surface area (Å²) in [7, 11) is 0. The first-order valence-corrected chi connectivity index (χ1v) is 5.48. The molecule has 90 valence electrons. The SMILES string of the molecule is CCn1ccc(CNC(=O)C(C)(C)C)c1F. The summed E-state index contributed by atoms with van der Waals surface area (Å²) in [5.74, 6) is -0.340. The fraction of sp³-hybridized carbons (Fsp3) is 0.583. The molecule has 4 heteroatoms. The molecule has 1 N–H and O–H groups in total. The van der Waals surface area contributed by atoms with Crippen molar-refractivity contribution in [2.45, 2.75) is 40.8 Å². The summed E-state index contributed by atoms with van der Waals surface area (Å²) in [4.78, 5) is 11.6. The molecule has 0 aliphatic rings. The van der Waals surface area contributed by atoms with Crippen molar-refractivity contribution in [1.82, 2.24) is 9.88 Å². The molecule has 0 radical (unpaired) electrons. The molecule has 0 saturated carbocycles. The molecule has 1 aromatic heterocycles. The van der Waals surface area contributed by atoms with Gasteiger partial charge < -0.3 is 9.88 Å². The Hall–Kier alpha value is -1.32. The number of nitrogens with one attached hydrogen (secondary N) is 1. The number of carbonyl (C=O) groups excluding carboxylic acids is 1. The molecule has 1 aromatic rings. The second kappa shape index (κ2) is 4.68. The Balaban J connectivity index is 2.62. The lowest BCUT2D eigenvalue weighted by Crippen LogP contribution is -2.34. The fourth-order valence-electron chi connectivity index (χ4n) is 1.32. The summed E-state index contributed by atoms with van der Waals surface area (Å²) < 4.78 is 15.1. The van der Waals surface area contributed by atoms with E-state index in [0.717, 1.165) is 0 Å². The molecule has 1 heterocycles. The highest BCUT2D eigenvalue weighted by atomic mass is 19.1. The molecule has 1 rings (SSSR count). The van der Waals surface area contributed by atoms with E-state index >= 15 is 0 Å². The van der Waals surface area contributed by atoms with Gasteiger partial charge >= 0.3 is 0 Å². The zero-order valence-electron chi connectivity index (χ0n) is 10.3. The number of rotatable bonds is 3. The Kier molecular flexibility index (Phi) is 3.73. The summed E-state index contributed by atoms with van der Waals surface area (Å²) in [6, 6.07) is 1.70. The van der Waals surface area contributed by atoms with Crippen molar-refractivity contribution in [2.75, 3.05) is 0 Å². The number of aromatic nitrogens is 1. The van der Waals surface area contributed by atoms with Gasteiger partial charge in [-0.15, -0.1) is 0 Å². The van der Waals surface area contributed by atoms with Crippen LogP contribution in [0.4, 0.5) is 4.39 Å². The van der Waals surface area contributed by atoms with Crippen LogP contribution in [-0.2, 0) is 17.9 Å². The van der Waals surface area contributed by atoms with Crippen LogP contribution in [0, 0.1) is 11.4 Å². The van der Waals surface area contributed by atoms with Gasteiger partial charge in [0, 0.05) is 30.3 Å². The first-order valence-electron chi connectivity index (χ1n) is 5.48. The third-order valence-corrected chi connectivity index (χ3v) is 2.43. The molecule has 0 aliphatic carbocycles. The maximum Gasteiger partial charge on any atom is 0.225 e. The average Bonchev–Trinajstić information content (AvgIpc) is 2.54. The van der Waals surface area contributed by atoms with Crippen molar-refractivity contribution < 1.29 is 9.18 Å². The number of nitrogens with zero attached hydrogens (tertiary/aromatic N) is 1. The normalized spacial score (nSPS) is 11.6. The smallest absolute Gasteiger partial charge is 0.225 e. The average molecular weight is 226 g/mol. The summed E-state index contributed by atoms with van der Waals surface area (Å²) in [5, 5.41) is 2.72. The van der Waals surface area contributed by atoms with E-state index < -0.39 is 5.41 Å². The van der Waals surface area contributed by atoms with Gasteiger partial charge in [0.05, 0.1) is 0 Å². The van der Waals surface area contributed by atoms with E-state index in [1.807, 2.05) is 27.7 Å². The number of carbonyl (C=O) groups is 1. The topological polar surface area (TPSA) is 34.0 Å². The highest BCUT2D eigenvalue weighted by molar-refractivity contribution is 5.81. The maximum atomic E-state index is 13.6. The molecule has 0 fully saturated rings. The van der Waals surface area contributed by atoms with Gasteiger partial charge in [-0.25, -0.2) is 0 Å². The van der Waals surface area contributed by atoms with Crippen molar-refractivity contribution in [3.05, 3.63) is 23.8 Å². The molecular formula is C12H19FN2O. The Bertz CT molecular complexity index is 377. The van der Waals surface area contributed by atoms with Gasteiger partial charge in [0.25, 0.3) is 0 Å². The second-order valence-corrected chi connectivity index (χ2v) is 4.85. The van der Waals surface area contributed by atoms with Crippen molar-refractivity contribution in [3.8, 4) is 0 Å². The van der Waals surface area contributed by atoms with Crippen LogP contribution in [0.1, 0.15) is 33.3 Å². The molecule has 1 amide bonds. The van der Waals surface area contributed by atoms with Crippen LogP contribution >= 0.6 is 0 Å². The van der Waals surface area contributed by atoms with E-state index in [9.17, 15) is 9.18 Å². The Morgan fingerprint density at radius 1 is 1.50 bits per heavy atom. The van der Waals surface area contributed by atoms with E-state index in [1.165, 1.54) is 4.57 Å². The molecule has 0 unspecified atom stereocenters. The molecule has 0 aromatic carbocycles. The van der Waals surface area contributed by atoms with Gasteiger partial charge in [-0.05, 0) is 13.0 Å². The van der Waals surface area contributed by atoms with E-state index in [0.29, 0.717) is 12.1 Å². The predicted molar refractivity (Wildman–Crippen MR) is 61.4 cm³/mol. The van der Waals surface area contributed by atoms with Crippen LogP contribution in [0.3, 0.4) is 0 Å². The van der Waals surface area contributed by atoms with Crippen LogP contribution in [0.25, 0.3) is 0 Å². The van der Waals surface area contributed by atoms with Gasteiger partial charge in [0.2, 0.25) is 5.91 Å². The van der Waals surface area contributed by atoms with Crippen LogP contribution < -0.4 is 5.32 Å². The molecule has 0 atom stereocenters. The van der Waals surface area contributed by atoms with Gasteiger partial charge in [-0.3, -0.25) is 4.79 Å². The molecule has 0 bridgehead atoms. The number of amides is 1. The summed E-state index contributed by atoms with van der Waals surface area (Å²) in [6.45, 7) is 8.20. The first-order chi connectivity index (χ1) is 7.36. The highest BCUT2D eigenvalue weighted by Crippen LogP contribution is 2.14. The Morgan fingerprint density at radius 2 is 2.12 bits per heavy atom. The molecule has 0 aliphatic heterocycles. The monoisotopic (exact) mass is 226 g/mol. The molecule has 0 saturated heterocycles. The minimum Gasteiger partial charge on any atom is -0.351 e. The van der Waals surface area contributed by atoms with Gasteiger partial charge in [0.15, 0.2) is 5.95 Å². The van der Waals surface area contributed by atoms with E-state index in [4.69, 9.17) is 0 Å².